The minimum atomic E-state index is 0.0287. The first-order chi connectivity index (χ1) is 11.6. The Morgan fingerprint density at radius 2 is 1.71 bits per heavy atom. The Balaban J connectivity index is 1.65. The van der Waals surface area contributed by atoms with Crippen molar-refractivity contribution in [2.24, 2.45) is 16.9 Å². The van der Waals surface area contributed by atoms with Crippen LogP contribution in [0, 0.1) is 11.8 Å². The van der Waals surface area contributed by atoms with Crippen molar-refractivity contribution in [3.05, 3.63) is 71.8 Å². The Morgan fingerprint density at radius 3 is 2.33 bits per heavy atom. The van der Waals surface area contributed by atoms with Crippen molar-refractivity contribution in [3.63, 3.8) is 0 Å². The zero-order valence-corrected chi connectivity index (χ0v) is 14.3. The predicted molar refractivity (Wildman–Crippen MR) is 97.9 cm³/mol. The van der Waals surface area contributed by atoms with E-state index in [4.69, 9.17) is 0 Å². The van der Waals surface area contributed by atoms with Gasteiger partial charge in [-0.05, 0) is 35.8 Å². The van der Waals surface area contributed by atoms with E-state index in [0.717, 1.165) is 24.1 Å². The molecule has 1 N–H and O–H groups in total. The largest absolute Gasteiger partial charge is 0.273 e. The molecular formula is C21H24N2O. The van der Waals surface area contributed by atoms with Crippen LogP contribution in [-0.4, -0.2) is 11.6 Å². The lowest BCUT2D eigenvalue weighted by molar-refractivity contribution is -0.122. The predicted octanol–water partition coefficient (Wildman–Crippen LogP) is 4.36. The summed E-state index contributed by atoms with van der Waals surface area (Å²) in [6, 6.07) is 20.3. The van der Waals surface area contributed by atoms with E-state index in [1.54, 1.807) is 0 Å². The number of hydrazone groups is 1. The molecule has 0 unspecified atom stereocenters. The molecule has 1 saturated carbocycles. The van der Waals surface area contributed by atoms with Crippen LogP contribution in [0.15, 0.2) is 65.8 Å². The molecule has 0 aromatic heterocycles. The van der Waals surface area contributed by atoms with Crippen molar-refractivity contribution in [1.29, 1.82) is 0 Å². The quantitative estimate of drug-likeness (QED) is 0.623. The Morgan fingerprint density at radius 1 is 1.08 bits per heavy atom. The maximum atomic E-state index is 12.4. The zero-order chi connectivity index (χ0) is 16.9. The van der Waals surface area contributed by atoms with Gasteiger partial charge in [0.15, 0.2) is 0 Å². The van der Waals surface area contributed by atoms with Gasteiger partial charge in [0.25, 0.3) is 0 Å². The van der Waals surface area contributed by atoms with E-state index in [2.05, 4.69) is 36.5 Å². The first-order valence-corrected chi connectivity index (χ1v) is 8.62. The van der Waals surface area contributed by atoms with Crippen LogP contribution >= 0.6 is 0 Å². The van der Waals surface area contributed by atoms with E-state index in [1.807, 2.05) is 48.5 Å². The van der Waals surface area contributed by atoms with E-state index in [1.165, 1.54) is 5.56 Å². The minimum absolute atomic E-state index is 0.0287. The maximum absolute atomic E-state index is 12.4. The van der Waals surface area contributed by atoms with Gasteiger partial charge < -0.3 is 0 Å². The maximum Gasteiger partial charge on any atom is 0.243 e. The standard InChI is InChI=1S/C21H24N2O/c1-15(2)13-20(17-11-7-4-8-12-17)22-23-21(24)19-14-18(19)16-9-5-3-6-10-16/h3-12,15,18-19H,13-14H2,1-2H3,(H,23,24)/t18-,19-/m1/s1. The van der Waals surface area contributed by atoms with Crippen LogP contribution in [0.5, 0.6) is 0 Å². The van der Waals surface area contributed by atoms with Crippen LogP contribution in [0.4, 0.5) is 0 Å². The highest BCUT2D eigenvalue weighted by molar-refractivity contribution is 6.01. The van der Waals surface area contributed by atoms with Crippen LogP contribution in [0.25, 0.3) is 0 Å². The Bertz CT molecular complexity index is 707. The van der Waals surface area contributed by atoms with Crippen molar-refractivity contribution in [2.75, 3.05) is 0 Å². The molecule has 2 aromatic carbocycles. The van der Waals surface area contributed by atoms with Crippen molar-refractivity contribution >= 4 is 11.6 Å². The molecule has 24 heavy (non-hydrogen) atoms. The highest BCUT2D eigenvalue weighted by Gasteiger charge is 2.43. The van der Waals surface area contributed by atoms with E-state index in [-0.39, 0.29) is 11.8 Å². The SMILES string of the molecule is CC(C)CC(=NNC(=O)[C@@H]1C[C@@H]1c1ccccc1)c1ccccc1. The topological polar surface area (TPSA) is 41.5 Å². The average molecular weight is 320 g/mol. The molecule has 3 heteroatoms. The van der Waals surface area contributed by atoms with Crippen LogP contribution in [0.3, 0.4) is 0 Å². The van der Waals surface area contributed by atoms with Crippen LogP contribution < -0.4 is 5.43 Å². The summed E-state index contributed by atoms with van der Waals surface area (Å²) >= 11 is 0. The van der Waals surface area contributed by atoms with Crippen LogP contribution in [0.2, 0.25) is 0 Å². The zero-order valence-electron chi connectivity index (χ0n) is 14.3. The number of benzene rings is 2. The molecule has 1 fully saturated rings. The van der Waals surface area contributed by atoms with Gasteiger partial charge in [-0.2, -0.15) is 5.10 Å². The number of hydrogen-bond acceptors (Lipinski definition) is 2. The Kier molecular flexibility index (Phi) is 5.09. The summed E-state index contributed by atoms with van der Waals surface area (Å²) in [4.78, 5) is 12.4. The second-order valence-electron chi connectivity index (χ2n) is 6.86. The minimum Gasteiger partial charge on any atom is -0.273 e. The molecule has 0 heterocycles. The molecule has 2 atom stereocenters. The summed E-state index contributed by atoms with van der Waals surface area (Å²) in [6.45, 7) is 4.32. The van der Waals surface area contributed by atoms with Crippen LogP contribution in [0.1, 0.15) is 43.7 Å². The molecule has 1 aliphatic rings. The van der Waals surface area contributed by atoms with Gasteiger partial charge in [-0.15, -0.1) is 0 Å². The van der Waals surface area contributed by atoms with Crippen LogP contribution in [-0.2, 0) is 4.79 Å². The molecular weight excluding hydrogens is 296 g/mol. The number of rotatable bonds is 6. The fraction of sp³-hybridized carbons (Fsp3) is 0.333. The molecule has 2 aromatic rings. The van der Waals surface area contributed by atoms with Gasteiger partial charge in [0.2, 0.25) is 5.91 Å². The van der Waals surface area contributed by atoms with Gasteiger partial charge in [0.1, 0.15) is 0 Å². The van der Waals surface area contributed by atoms with Gasteiger partial charge >= 0.3 is 0 Å². The molecule has 3 nitrogen and oxygen atoms in total. The fourth-order valence-electron chi connectivity index (χ4n) is 3.00. The molecule has 1 aliphatic carbocycles. The number of amides is 1. The number of hydrogen-bond donors (Lipinski definition) is 1. The Labute approximate surface area is 143 Å². The van der Waals surface area contributed by atoms with Gasteiger partial charge in [0, 0.05) is 5.92 Å². The number of carbonyl (C=O) groups is 1. The van der Waals surface area contributed by atoms with Gasteiger partial charge in [-0.25, -0.2) is 5.43 Å². The molecule has 0 aliphatic heterocycles. The lowest BCUT2D eigenvalue weighted by Gasteiger charge is -2.10. The summed E-state index contributed by atoms with van der Waals surface area (Å²) in [7, 11) is 0. The normalized spacial score (nSPS) is 20.0. The van der Waals surface area contributed by atoms with Crippen molar-refractivity contribution in [3.8, 4) is 0 Å². The first kappa shape index (κ1) is 16.4. The molecule has 0 saturated heterocycles. The summed E-state index contributed by atoms with van der Waals surface area (Å²) in [5.41, 5.74) is 6.05. The van der Waals surface area contributed by atoms with Crippen molar-refractivity contribution in [2.45, 2.75) is 32.6 Å². The molecule has 0 radical (unpaired) electrons. The summed E-state index contributed by atoms with van der Waals surface area (Å²) in [6.07, 6.45) is 1.76. The van der Waals surface area contributed by atoms with Gasteiger partial charge in [-0.1, -0.05) is 74.5 Å². The molecule has 1 amide bonds. The molecule has 0 bridgehead atoms. The van der Waals surface area contributed by atoms with Crippen molar-refractivity contribution in [1.82, 2.24) is 5.43 Å². The van der Waals surface area contributed by atoms with Crippen molar-refractivity contribution < 1.29 is 4.79 Å². The molecule has 124 valence electrons. The second-order valence-corrected chi connectivity index (χ2v) is 6.86. The number of nitrogens with one attached hydrogen (secondary N) is 1. The highest BCUT2D eigenvalue weighted by Crippen LogP contribution is 2.47. The third kappa shape index (κ3) is 4.10. The fourth-order valence-corrected chi connectivity index (χ4v) is 3.00. The lowest BCUT2D eigenvalue weighted by atomic mass is 10.0. The summed E-state index contributed by atoms with van der Waals surface area (Å²) < 4.78 is 0. The smallest absolute Gasteiger partial charge is 0.243 e. The lowest BCUT2D eigenvalue weighted by Crippen LogP contribution is -2.22. The highest BCUT2D eigenvalue weighted by atomic mass is 16.2. The monoisotopic (exact) mass is 320 g/mol. The summed E-state index contributed by atoms with van der Waals surface area (Å²) in [5, 5.41) is 4.44. The van der Waals surface area contributed by atoms with Gasteiger partial charge in [0.05, 0.1) is 5.71 Å². The second kappa shape index (κ2) is 7.43. The average Bonchev–Trinajstić information content (AvgIpc) is 3.40. The van der Waals surface area contributed by atoms with Gasteiger partial charge in [-0.3, -0.25) is 4.79 Å². The third-order valence-electron chi connectivity index (χ3n) is 4.36. The van der Waals surface area contributed by atoms with E-state index in [0.29, 0.717) is 11.8 Å². The molecule has 3 rings (SSSR count). The first-order valence-electron chi connectivity index (χ1n) is 8.62. The number of carbonyl (C=O) groups excluding carboxylic acids is 1. The summed E-state index contributed by atoms with van der Waals surface area (Å²) in [5.74, 6) is 0.902. The third-order valence-corrected chi connectivity index (χ3v) is 4.36. The number of nitrogens with zero attached hydrogens (tertiary/aromatic N) is 1. The Hall–Kier alpha value is -2.42. The van der Waals surface area contributed by atoms with E-state index in [9.17, 15) is 4.79 Å². The van der Waals surface area contributed by atoms with E-state index >= 15 is 0 Å². The molecule has 0 spiro atoms. The van der Waals surface area contributed by atoms with E-state index < -0.39 is 0 Å².